The predicted octanol–water partition coefficient (Wildman–Crippen LogP) is 4.46. The molecule has 0 spiro atoms. The molecule has 0 aliphatic heterocycles. The quantitative estimate of drug-likeness (QED) is 0.703. The number of para-hydroxylation sites is 1. The van der Waals surface area contributed by atoms with Crippen LogP contribution in [0.3, 0.4) is 0 Å². The molecule has 0 aliphatic rings. The van der Waals surface area contributed by atoms with Crippen molar-refractivity contribution in [2.24, 2.45) is 0 Å². The number of hydrogen-bond donors (Lipinski definition) is 1. The number of rotatable bonds is 5. The van der Waals surface area contributed by atoms with Gasteiger partial charge in [0, 0.05) is 23.6 Å². The molecule has 3 aromatic rings. The lowest BCUT2D eigenvalue weighted by atomic mass is 10.1. The summed E-state index contributed by atoms with van der Waals surface area (Å²) in [6.07, 6.45) is 2.97. The van der Waals surface area contributed by atoms with Crippen molar-refractivity contribution in [2.45, 2.75) is 32.9 Å². The minimum atomic E-state index is -0.375. The number of carbonyl (C=O) groups excluding carboxylic acids is 2. The number of carbonyl (C=O) groups is 2. The van der Waals surface area contributed by atoms with Gasteiger partial charge in [-0.15, -0.1) is 0 Å². The van der Waals surface area contributed by atoms with Crippen LogP contribution < -0.4 is 10.2 Å². The maximum Gasteiger partial charge on any atom is 0.260 e. The standard InChI is InChI=1S/C24H25N3O2/c1-24(2,3)26-22(28)19-14-20(16-25-15-19)23(29)27(21-12-8-5-9-13-21)17-18-10-6-4-7-11-18/h4-16H,17H2,1-3H3,(H,26,28). The molecule has 29 heavy (non-hydrogen) atoms. The summed E-state index contributed by atoms with van der Waals surface area (Å²) in [7, 11) is 0. The normalized spacial score (nSPS) is 11.0. The first kappa shape index (κ1) is 20.3. The van der Waals surface area contributed by atoms with Gasteiger partial charge in [-0.05, 0) is 44.5 Å². The van der Waals surface area contributed by atoms with Gasteiger partial charge in [-0.25, -0.2) is 0 Å². The predicted molar refractivity (Wildman–Crippen MR) is 115 cm³/mol. The smallest absolute Gasteiger partial charge is 0.260 e. The summed E-state index contributed by atoms with van der Waals surface area (Å²) in [5, 5.41) is 2.90. The summed E-state index contributed by atoms with van der Waals surface area (Å²) < 4.78 is 0. The van der Waals surface area contributed by atoms with E-state index in [1.165, 1.54) is 12.4 Å². The van der Waals surface area contributed by atoms with Gasteiger partial charge in [-0.1, -0.05) is 48.5 Å². The third kappa shape index (κ3) is 5.51. The molecule has 0 radical (unpaired) electrons. The van der Waals surface area contributed by atoms with E-state index in [0.717, 1.165) is 11.3 Å². The van der Waals surface area contributed by atoms with E-state index < -0.39 is 0 Å². The fourth-order valence-electron chi connectivity index (χ4n) is 2.90. The van der Waals surface area contributed by atoms with Crippen LogP contribution in [-0.2, 0) is 6.54 Å². The second-order valence-corrected chi connectivity index (χ2v) is 7.88. The molecule has 0 aliphatic carbocycles. The molecule has 0 saturated carbocycles. The first-order valence-corrected chi connectivity index (χ1v) is 9.52. The van der Waals surface area contributed by atoms with Gasteiger partial charge in [-0.2, -0.15) is 0 Å². The monoisotopic (exact) mass is 387 g/mol. The highest BCUT2D eigenvalue weighted by Gasteiger charge is 2.21. The summed E-state index contributed by atoms with van der Waals surface area (Å²) in [6.45, 7) is 6.14. The topological polar surface area (TPSA) is 62.3 Å². The molecular formula is C24H25N3O2. The van der Waals surface area contributed by atoms with Gasteiger partial charge >= 0.3 is 0 Å². The van der Waals surface area contributed by atoms with Gasteiger partial charge in [0.2, 0.25) is 0 Å². The third-order valence-electron chi connectivity index (χ3n) is 4.23. The zero-order valence-corrected chi connectivity index (χ0v) is 16.9. The zero-order valence-electron chi connectivity index (χ0n) is 16.9. The van der Waals surface area contributed by atoms with Crippen molar-refractivity contribution in [2.75, 3.05) is 4.90 Å². The van der Waals surface area contributed by atoms with E-state index in [9.17, 15) is 9.59 Å². The summed E-state index contributed by atoms with van der Waals surface area (Å²) in [6, 6.07) is 20.9. The van der Waals surface area contributed by atoms with Gasteiger partial charge in [0.05, 0.1) is 17.7 Å². The largest absolute Gasteiger partial charge is 0.347 e. The van der Waals surface area contributed by atoms with Crippen LogP contribution in [0.15, 0.2) is 79.1 Å². The minimum Gasteiger partial charge on any atom is -0.347 e. The third-order valence-corrected chi connectivity index (χ3v) is 4.23. The molecule has 5 heteroatoms. The van der Waals surface area contributed by atoms with Crippen molar-refractivity contribution in [3.63, 3.8) is 0 Å². The van der Waals surface area contributed by atoms with Crippen molar-refractivity contribution in [3.05, 3.63) is 95.8 Å². The van der Waals surface area contributed by atoms with Gasteiger partial charge in [-0.3, -0.25) is 14.6 Å². The Balaban J connectivity index is 1.92. The molecule has 0 bridgehead atoms. The average molecular weight is 387 g/mol. The van der Waals surface area contributed by atoms with Crippen LogP contribution in [0.2, 0.25) is 0 Å². The van der Waals surface area contributed by atoms with Crippen LogP contribution in [0.5, 0.6) is 0 Å². The van der Waals surface area contributed by atoms with Crippen molar-refractivity contribution >= 4 is 17.5 Å². The van der Waals surface area contributed by atoms with E-state index in [-0.39, 0.29) is 17.4 Å². The SMILES string of the molecule is CC(C)(C)NC(=O)c1cncc(C(=O)N(Cc2ccccc2)c2ccccc2)c1. The Morgan fingerprint density at radius 3 is 2.10 bits per heavy atom. The number of benzene rings is 2. The Kier molecular flexibility index (Phi) is 6.07. The van der Waals surface area contributed by atoms with Gasteiger partial charge in [0.1, 0.15) is 0 Å². The summed E-state index contributed by atoms with van der Waals surface area (Å²) in [5.41, 5.74) is 2.15. The van der Waals surface area contributed by atoms with Crippen molar-refractivity contribution in [1.29, 1.82) is 0 Å². The number of amides is 2. The van der Waals surface area contributed by atoms with Crippen LogP contribution >= 0.6 is 0 Å². The second-order valence-electron chi connectivity index (χ2n) is 7.88. The molecule has 1 N–H and O–H groups in total. The van der Waals surface area contributed by atoms with Crippen LogP contribution in [0, 0.1) is 0 Å². The van der Waals surface area contributed by atoms with E-state index in [4.69, 9.17) is 0 Å². The van der Waals surface area contributed by atoms with Gasteiger partial charge in [0.25, 0.3) is 11.8 Å². The highest BCUT2D eigenvalue weighted by Crippen LogP contribution is 2.20. The van der Waals surface area contributed by atoms with Crippen LogP contribution in [0.1, 0.15) is 47.1 Å². The van der Waals surface area contributed by atoms with Crippen LogP contribution in [0.25, 0.3) is 0 Å². The van der Waals surface area contributed by atoms with E-state index in [0.29, 0.717) is 17.7 Å². The Labute approximate surface area is 171 Å². The summed E-state index contributed by atoms with van der Waals surface area (Å²) >= 11 is 0. The van der Waals surface area contributed by atoms with Gasteiger partial charge in [0.15, 0.2) is 0 Å². The average Bonchev–Trinajstić information content (AvgIpc) is 2.72. The lowest BCUT2D eigenvalue weighted by Crippen LogP contribution is -2.40. The lowest BCUT2D eigenvalue weighted by molar-refractivity contribution is 0.0919. The molecule has 5 nitrogen and oxygen atoms in total. The molecule has 0 fully saturated rings. The number of pyridine rings is 1. The molecule has 3 rings (SSSR count). The Morgan fingerprint density at radius 1 is 0.897 bits per heavy atom. The van der Waals surface area contributed by atoms with Crippen LogP contribution in [-0.4, -0.2) is 22.3 Å². The zero-order chi connectivity index (χ0) is 20.9. The Morgan fingerprint density at radius 2 is 1.48 bits per heavy atom. The van der Waals surface area contributed by atoms with Crippen LogP contribution in [0.4, 0.5) is 5.69 Å². The molecule has 0 atom stereocenters. The highest BCUT2D eigenvalue weighted by atomic mass is 16.2. The van der Waals surface area contributed by atoms with E-state index in [1.807, 2.05) is 81.4 Å². The molecule has 2 aromatic carbocycles. The molecule has 0 unspecified atom stereocenters. The highest BCUT2D eigenvalue weighted by molar-refractivity contribution is 6.07. The maximum atomic E-state index is 13.4. The first-order chi connectivity index (χ1) is 13.8. The Hall–Kier alpha value is -3.47. The number of anilines is 1. The first-order valence-electron chi connectivity index (χ1n) is 9.52. The summed E-state index contributed by atoms with van der Waals surface area (Å²) in [5.74, 6) is -0.466. The molecule has 1 aromatic heterocycles. The van der Waals surface area contributed by atoms with Crippen molar-refractivity contribution < 1.29 is 9.59 Å². The fraction of sp³-hybridized carbons (Fsp3) is 0.208. The number of hydrogen-bond acceptors (Lipinski definition) is 3. The Bertz CT molecular complexity index is 980. The van der Waals surface area contributed by atoms with E-state index >= 15 is 0 Å². The van der Waals surface area contributed by atoms with E-state index in [2.05, 4.69) is 10.3 Å². The maximum absolute atomic E-state index is 13.4. The fourth-order valence-corrected chi connectivity index (χ4v) is 2.90. The van der Waals surface area contributed by atoms with Gasteiger partial charge < -0.3 is 10.2 Å². The molecular weight excluding hydrogens is 362 g/mol. The number of nitrogens with zero attached hydrogens (tertiary/aromatic N) is 2. The number of aromatic nitrogens is 1. The molecule has 0 saturated heterocycles. The molecule has 148 valence electrons. The van der Waals surface area contributed by atoms with Crippen molar-refractivity contribution in [1.82, 2.24) is 10.3 Å². The van der Waals surface area contributed by atoms with E-state index in [1.54, 1.807) is 11.0 Å². The number of nitrogens with one attached hydrogen (secondary N) is 1. The second kappa shape index (κ2) is 8.69. The minimum absolute atomic E-state index is 0.210. The molecule has 1 heterocycles. The lowest BCUT2D eigenvalue weighted by Gasteiger charge is -2.24. The molecule has 2 amide bonds. The van der Waals surface area contributed by atoms with Crippen molar-refractivity contribution in [3.8, 4) is 0 Å². The summed E-state index contributed by atoms with van der Waals surface area (Å²) in [4.78, 5) is 31.7.